The molecule has 1 atom stereocenters. The van der Waals surface area contributed by atoms with E-state index in [1.54, 1.807) is 50.2 Å². The van der Waals surface area contributed by atoms with Crippen molar-refractivity contribution in [3.63, 3.8) is 0 Å². The van der Waals surface area contributed by atoms with Gasteiger partial charge in [0.15, 0.2) is 0 Å². The number of amides is 2. The quantitative estimate of drug-likeness (QED) is 0.398. The van der Waals surface area contributed by atoms with Crippen LogP contribution in [0.15, 0.2) is 77.7 Å². The number of nitrogens with one attached hydrogen (secondary N) is 1. The average molecular weight is 538 g/mol. The zero-order valence-electron chi connectivity index (χ0n) is 22.5. The van der Waals surface area contributed by atoms with E-state index in [1.807, 2.05) is 38.1 Å². The minimum atomic E-state index is -4.16. The molecule has 0 aromatic heterocycles. The lowest BCUT2D eigenvalue weighted by Gasteiger charge is -2.32. The second-order valence-electron chi connectivity index (χ2n) is 9.02. The molecule has 0 unspecified atom stereocenters. The molecule has 9 heteroatoms. The first-order chi connectivity index (χ1) is 18.1. The molecule has 0 aliphatic carbocycles. The summed E-state index contributed by atoms with van der Waals surface area (Å²) in [5, 5.41) is 2.76. The first-order valence-corrected chi connectivity index (χ1v) is 13.9. The lowest BCUT2D eigenvalue weighted by molar-refractivity contribution is -0.139. The van der Waals surface area contributed by atoms with Gasteiger partial charge in [-0.05, 0) is 63.1 Å². The number of nitrogens with zero attached hydrogens (tertiary/aromatic N) is 2. The number of carbonyl (C=O) groups is 2. The summed E-state index contributed by atoms with van der Waals surface area (Å²) in [7, 11) is -2.72. The standard InChI is InChI=1S/C29H35N3O5S/c1-6-30-29(34)23(4)31(19-24-12-8-7-11-22(24)3)28(33)20-32(26-13-9-10-14-27(26)37-5)38(35,36)25-17-15-21(2)16-18-25/h7-18,23H,6,19-20H2,1-5H3,(H,30,34)/t23-/m0/s1. The highest BCUT2D eigenvalue weighted by Crippen LogP contribution is 2.32. The Morgan fingerprint density at radius 3 is 2.21 bits per heavy atom. The number of ether oxygens (including phenoxy) is 1. The molecule has 1 N–H and O–H groups in total. The van der Waals surface area contributed by atoms with Crippen LogP contribution in [0.5, 0.6) is 5.75 Å². The maximum atomic E-state index is 13.9. The third kappa shape index (κ3) is 6.52. The van der Waals surface area contributed by atoms with Gasteiger partial charge < -0.3 is 15.0 Å². The number of carbonyl (C=O) groups excluding carboxylic acids is 2. The summed E-state index contributed by atoms with van der Waals surface area (Å²) in [6.07, 6.45) is 0. The second kappa shape index (κ2) is 12.6. The van der Waals surface area contributed by atoms with Crippen molar-refractivity contribution < 1.29 is 22.7 Å². The summed E-state index contributed by atoms with van der Waals surface area (Å²) in [5.41, 5.74) is 2.96. The van der Waals surface area contributed by atoms with Gasteiger partial charge in [-0.25, -0.2) is 8.42 Å². The highest BCUT2D eigenvalue weighted by atomic mass is 32.2. The monoisotopic (exact) mass is 537 g/mol. The summed E-state index contributed by atoms with van der Waals surface area (Å²) in [5.74, 6) is -0.536. The van der Waals surface area contributed by atoms with Gasteiger partial charge in [-0.15, -0.1) is 0 Å². The number of aryl methyl sites for hydroxylation is 2. The van der Waals surface area contributed by atoms with Crippen LogP contribution in [0.4, 0.5) is 5.69 Å². The van der Waals surface area contributed by atoms with Crippen molar-refractivity contribution in [3.8, 4) is 5.75 Å². The van der Waals surface area contributed by atoms with Gasteiger partial charge in [0.25, 0.3) is 10.0 Å². The number of likely N-dealkylation sites (N-methyl/N-ethyl adjacent to an activating group) is 1. The Labute approximate surface area is 225 Å². The lowest BCUT2D eigenvalue weighted by Crippen LogP contribution is -2.51. The highest BCUT2D eigenvalue weighted by molar-refractivity contribution is 7.92. The largest absolute Gasteiger partial charge is 0.495 e. The predicted octanol–water partition coefficient (Wildman–Crippen LogP) is 4.06. The minimum Gasteiger partial charge on any atom is -0.495 e. The fourth-order valence-electron chi connectivity index (χ4n) is 4.06. The van der Waals surface area contributed by atoms with E-state index in [0.29, 0.717) is 12.3 Å². The van der Waals surface area contributed by atoms with Crippen molar-refractivity contribution in [1.82, 2.24) is 10.2 Å². The van der Waals surface area contributed by atoms with E-state index in [4.69, 9.17) is 4.74 Å². The van der Waals surface area contributed by atoms with E-state index in [9.17, 15) is 18.0 Å². The summed E-state index contributed by atoms with van der Waals surface area (Å²) < 4.78 is 34.3. The Hall–Kier alpha value is -3.85. The Bertz CT molecular complexity index is 1370. The van der Waals surface area contributed by atoms with Gasteiger partial charge in [-0.1, -0.05) is 54.1 Å². The van der Waals surface area contributed by atoms with Crippen LogP contribution in [0.25, 0.3) is 0 Å². The number of hydrogen-bond donors (Lipinski definition) is 1. The number of benzene rings is 3. The molecule has 0 aliphatic heterocycles. The average Bonchev–Trinajstić information content (AvgIpc) is 2.91. The molecule has 0 saturated heterocycles. The summed E-state index contributed by atoms with van der Waals surface area (Å²) in [6, 6.07) is 19.8. The van der Waals surface area contributed by atoms with Gasteiger partial charge in [0.1, 0.15) is 18.3 Å². The predicted molar refractivity (Wildman–Crippen MR) is 149 cm³/mol. The molecule has 3 aromatic carbocycles. The van der Waals surface area contributed by atoms with Crippen LogP contribution in [-0.2, 0) is 26.2 Å². The van der Waals surface area contributed by atoms with Crippen LogP contribution in [0.1, 0.15) is 30.5 Å². The molecular weight excluding hydrogens is 502 g/mol. The first-order valence-electron chi connectivity index (χ1n) is 12.4. The smallest absolute Gasteiger partial charge is 0.264 e. The maximum absolute atomic E-state index is 13.9. The molecule has 3 aromatic rings. The first kappa shape index (κ1) is 28.7. The van der Waals surface area contributed by atoms with Gasteiger partial charge in [0, 0.05) is 13.1 Å². The molecule has 0 spiro atoms. The van der Waals surface area contributed by atoms with E-state index in [1.165, 1.54) is 24.1 Å². The number of hydrogen-bond acceptors (Lipinski definition) is 5. The van der Waals surface area contributed by atoms with Crippen molar-refractivity contribution in [2.24, 2.45) is 0 Å². The number of anilines is 1. The van der Waals surface area contributed by atoms with Crippen molar-refractivity contribution in [3.05, 3.63) is 89.5 Å². The van der Waals surface area contributed by atoms with E-state index in [-0.39, 0.29) is 23.0 Å². The Balaban J connectivity index is 2.08. The van der Waals surface area contributed by atoms with E-state index < -0.39 is 28.5 Å². The van der Waals surface area contributed by atoms with E-state index in [2.05, 4.69) is 5.32 Å². The second-order valence-corrected chi connectivity index (χ2v) is 10.9. The van der Waals surface area contributed by atoms with Crippen LogP contribution in [0, 0.1) is 13.8 Å². The van der Waals surface area contributed by atoms with Gasteiger partial charge >= 0.3 is 0 Å². The number of sulfonamides is 1. The lowest BCUT2D eigenvalue weighted by atomic mass is 10.1. The Kier molecular flexibility index (Phi) is 9.52. The molecule has 0 bridgehead atoms. The van der Waals surface area contributed by atoms with Crippen LogP contribution in [0.2, 0.25) is 0 Å². The molecular formula is C29H35N3O5S. The zero-order valence-corrected chi connectivity index (χ0v) is 23.3. The van der Waals surface area contributed by atoms with Gasteiger partial charge in [0.05, 0.1) is 17.7 Å². The minimum absolute atomic E-state index is 0.0454. The third-order valence-electron chi connectivity index (χ3n) is 6.36. The van der Waals surface area contributed by atoms with Gasteiger partial charge in [-0.2, -0.15) is 0 Å². The van der Waals surface area contributed by atoms with E-state index in [0.717, 1.165) is 21.0 Å². The molecule has 0 radical (unpaired) electrons. The Morgan fingerprint density at radius 1 is 0.947 bits per heavy atom. The molecule has 202 valence electrons. The number of methoxy groups -OCH3 is 1. The molecule has 0 heterocycles. The fourth-order valence-corrected chi connectivity index (χ4v) is 5.49. The van der Waals surface area contributed by atoms with Crippen molar-refractivity contribution >= 4 is 27.5 Å². The summed E-state index contributed by atoms with van der Waals surface area (Å²) in [6.45, 7) is 7.27. The van der Waals surface area contributed by atoms with Crippen LogP contribution in [0.3, 0.4) is 0 Å². The topological polar surface area (TPSA) is 96.0 Å². The zero-order chi connectivity index (χ0) is 27.9. The van der Waals surface area contributed by atoms with Crippen LogP contribution < -0.4 is 14.4 Å². The van der Waals surface area contributed by atoms with Crippen LogP contribution >= 0.6 is 0 Å². The normalized spacial score (nSPS) is 11.9. The maximum Gasteiger partial charge on any atom is 0.264 e. The molecule has 0 fully saturated rings. The molecule has 8 nitrogen and oxygen atoms in total. The van der Waals surface area contributed by atoms with Gasteiger partial charge in [0.2, 0.25) is 11.8 Å². The van der Waals surface area contributed by atoms with Crippen molar-refractivity contribution in [2.75, 3.05) is 24.5 Å². The molecule has 38 heavy (non-hydrogen) atoms. The molecule has 2 amide bonds. The molecule has 0 aliphatic rings. The summed E-state index contributed by atoms with van der Waals surface area (Å²) in [4.78, 5) is 28.2. The van der Waals surface area contributed by atoms with Crippen molar-refractivity contribution in [1.29, 1.82) is 0 Å². The fraction of sp³-hybridized carbons (Fsp3) is 0.310. The van der Waals surface area contributed by atoms with Crippen molar-refractivity contribution in [2.45, 2.75) is 45.2 Å². The highest BCUT2D eigenvalue weighted by Gasteiger charge is 2.33. The number of rotatable bonds is 11. The number of para-hydroxylation sites is 2. The van der Waals surface area contributed by atoms with E-state index >= 15 is 0 Å². The Morgan fingerprint density at radius 2 is 1.58 bits per heavy atom. The van der Waals surface area contributed by atoms with Gasteiger partial charge in [-0.3, -0.25) is 13.9 Å². The van der Waals surface area contributed by atoms with Crippen LogP contribution in [-0.4, -0.2) is 51.4 Å². The molecule has 0 saturated carbocycles. The molecule has 3 rings (SSSR count). The SMILES string of the molecule is CCNC(=O)[C@H](C)N(Cc1ccccc1C)C(=O)CN(c1ccccc1OC)S(=O)(=O)c1ccc(C)cc1. The third-order valence-corrected chi connectivity index (χ3v) is 8.14. The summed E-state index contributed by atoms with van der Waals surface area (Å²) >= 11 is 0.